The number of carbonyl (C=O) groups excluding carboxylic acids is 1. The number of hydrogen-bond acceptors (Lipinski definition) is 3. The number of sulfonamides is 1. The molecule has 10 heteroatoms. The fraction of sp³-hybridized carbons (Fsp3) is 0.0714. The standard InChI is InChI=1S/C14H10Cl2F2N2O3S/c15-9-5-4-8(6-10(9)16)24(22,23)19-7-13(21)20-14-11(17)2-1-3-12(14)18/h1-6,19H,7H2,(H,20,21). The van der Waals surface area contributed by atoms with Crippen molar-refractivity contribution in [2.45, 2.75) is 4.90 Å². The average Bonchev–Trinajstić information content (AvgIpc) is 2.52. The normalized spacial score (nSPS) is 11.3. The van der Waals surface area contributed by atoms with E-state index < -0.39 is 39.8 Å². The zero-order chi connectivity index (χ0) is 17.9. The van der Waals surface area contributed by atoms with E-state index >= 15 is 0 Å². The number of anilines is 1. The summed E-state index contributed by atoms with van der Waals surface area (Å²) in [6.07, 6.45) is 0. The van der Waals surface area contributed by atoms with E-state index in [9.17, 15) is 22.0 Å². The van der Waals surface area contributed by atoms with Gasteiger partial charge >= 0.3 is 0 Å². The molecule has 0 saturated carbocycles. The minimum absolute atomic E-state index is 0.0254. The van der Waals surface area contributed by atoms with Gasteiger partial charge in [0, 0.05) is 0 Å². The Morgan fingerprint density at radius 1 is 1.04 bits per heavy atom. The lowest BCUT2D eigenvalue weighted by Crippen LogP contribution is -2.33. The monoisotopic (exact) mass is 394 g/mol. The number of para-hydroxylation sites is 1. The summed E-state index contributed by atoms with van der Waals surface area (Å²) < 4.78 is 52.9. The zero-order valence-corrected chi connectivity index (χ0v) is 14.1. The Morgan fingerprint density at radius 2 is 1.67 bits per heavy atom. The first-order chi connectivity index (χ1) is 11.2. The summed E-state index contributed by atoms with van der Waals surface area (Å²) in [6.45, 7) is -0.726. The number of hydrogen-bond donors (Lipinski definition) is 2. The summed E-state index contributed by atoms with van der Waals surface area (Å²) in [4.78, 5) is 11.5. The molecule has 5 nitrogen and oxygen atoms in total. The van der Waals surface area contributed by atoms with E-state index in [0.29, 0.717) is 0 Å². The Morgan fingerprint density at radius 3 is 2.25 bits per heavy atom. The Kier molecular flexibility index (Phi) is 5.76. The largest absolute Gasteiger partial charge is 0.320 e. The molecule has 0 aromatic heterocycles. The van der Waals surface area contributed by atoms with Crippen LogP contribution in [-0.4, -0.2) is 20.9 Å². The molecular formula is C14H10Cl2F2N2O3S. The second-order valence-corrected chi connectivity index (χ2v) is 7.13. The van der Waals surface area contributed by atoms with Gasteiger partial charge in [-0.2, -0.15) is 0 Å². The summed E-state index contributed by atoms with van der Waals surface area (Å²) >= 11 is 11.4. The average molecular weight is 395 g/mol. The van der Waals surface area contributed by atoms with Gasteiger partial charge in [0.05, 0.1) is 21.5 Å². The van der Waals surface area contributed by atoms with Crippen molar-refractivity contribution in [3.63, 3.8) is 0 Å². The Hall–Kier alpha value is -1.74. The molecule has 2 N–H and O–H groups in total. The van der Waals surface area contributed by atoms with Crippen LogP contribution in [0.1, 0.15) is 0 Å². The van der Waals surface area contributed by atoms with Crippen molar-refractivity contribution in [3.05, 3.63) is 58.1 Å². The zero-order valence-electron chi connectivity index (χ0n) is 11.8. The molecule has 0 aliphatic heterocycles. The van der Waals surface area contributed by atoms with Crippen LogP contribution >= 0.6 is 23.2 Å². The van der Waals surface area contributed by atoms with Gasteiger partial charge in [-0.25, -0.2) is 21.9 Å². The maximum atomic E-state index is 13.4. The Bertz CT molecular complexity index is 871. The summed E-state index contributed by atoms with van der Waals surface area (Å²) in [6, 6.07) is 6.64. The van der Waals surface area contributed by atoms with Crippen LogP contribution in [0.3, 0.4) is 0 Å². The summed E-state index contributed by atoms with van der Waals surface area (Å²) in [5.74, 6) is -2.89. The minimum Gasteiger partial charge on any atom is -0.320 e. The van der Waals surface area contributed by atoms with Crippen molar-refractivity contribution < 1.29 is 22.0 Å². The van der Waals surface area contributed by atoms with Crippen molar-refractivity contribution in [2.24, 2.45) is 0 Å². The molecule has 0 fully saturated rings. The maximum absolute atomic E-state index is 13.4. The van der Waals surface area contributed by atoms with Gasteiger partial charge in [-0.05, 0) is 30.3 Å². The molecule has 0 aliphatic carbocycles. The highest BCUT2D eigenvalue weighted by Gasteiger charge is 2.18. The van der Waals surface area contributed by atoms with Crippen molar-refractivity contribution in [1.29, 1.82) is 0 Å². The van der Waals surface area contributed by atoms with Gasteiger partial charge in [0.2, 0.25) is 15.9 Å². The van der Waals surface area contributed by atoms with Gasteiger partial charge in [0.25, 0.3) is 0 Å². The van der Waals surface area contributed by atoms with Crippen LogP contribution in [0.15, 0.2) is 41.3 Å². The molecule has 2 aromatic rings. The fourth-order valence-electron chi connectivity index (χ4n) is 1.69. The van der Waals surface area contributed by atoms with E-state index in [4.69, 9.17) is 23.2 Å². The lowest BCUT2D eigenvalue weighted by atomic mass is 10.3. The molecule has 0 unspecified atom stereocenters. The van der Waals surface area contributed by atoms with Crippen LogP contribution in [-0.2, 0) is 14.8 Å². The van der Waals surface area contributed by atoms with E-state index in [1.54, 1.807) is 0 Å². The Labute approximate surface area is 146 Å². The van der Waals surface area contributed by atoms with Crippen LogP contribution in [0.25, 0.3) is 0 Å². The molecule has 0 spiro atoms. The van der Waals surface area contributed by atoms with Crippen LogP contribution in [0.5, 0.6) is 0 Å². The highest BCUT2D eigenvalue weighted by molar-refractivity contribution is 7.89. The third-order valence-electron chi connectivity index (χ3n) is 2.85. The first-order valence-corrected chi connectivity index (χ1v) is 8.63. The number of rotatable bonds is 5. The van der Waals surface area contributed by atoms with Gasteiger partial charge < -0.3 is 5.32 Å². The molecule has 0 radical (unpaired) electrons. The van der Waals surface area contributed by atoms with Crippen molar-refractivity contribution in [2.75, 3.05) is 11.9 Å². The SMILES string of the molecule is O=C(CNS(=O)(=O)c1ccc(Cl)c(Cl)c1)Nc1c(F)cccc1F. The molecular weight excluding hydrogens is 385 g/mol. The predicted octanol–water partition coefficient (Wildman–Crippen LogP) is 3.19. The number of benzene rings is 2. The minimum atomic E-state index is -4.05. The highest BCUT2D eigenvalue weighted by Crippen LogP contribution is 2.24. The second kappa shape index (κ2) is 7.43. The lowest BCUT2D eigenvalue weighted by molar-refractivity contribution is -0.115. The fourth-order valence-corrected chi connectivity index (χ4v) is 3.06. The smallest absolute Gasteiger partial charge is 0.241 e. The first kappa shape index (κ1) is 18.6. The van der Waals surface area contributed by atoms with E-state index in [0.717, 1.165) is 24.3 Å². The quantitative estimate of drug-likeness (QED) is 0.817. The molecule has 0 saturated heterocycles. The summed E-state index contributed by atoms with van der Waals surface area (Å²) in [7, 11) is -4.05. The number of amides is 1. The van der Waals surface area contributed by atoms with Crippen molar-refractivity contribution >= 4 is 44.8 Å². The molecule has 0 bridgehead atoms. The Balaban J connectivity index is 2.06. The predicted molar refractivity (Wildman–Crippen MR) is 86.6 cm³/mol. The first-order valence-electron chi connectivity index (χ1n) is 6.39. The molecule has 0 heterocycles. The molecule has 24 heavy (non-hydrogen) atoms. The number of halogens is 4. The van der Waals surface area contributed by atoms with Crippen LogP contribution in [0, 0.1) is 11.6 Å². The molecule has 128 valence electrons. The van der Waals surface area contributed by atoms with Gasteiger partial charge in [-0.3, -0.25) is 4.79 Å². The van der Waals surface area contributed by atoms with Gasteiger partial charge in [0.1, 0.15) is 17.3 Å². The third kappa shape index (κ3) is 4.41. The van der Waals surface area contributed by atoms with Gasteiger partial charge in [-0.1, -0.05) is 29.3 Å². The summed E-state index contributed by atoms with van der Waals surface area (Å²) in [5, 5.41) is 2.16. The van der Waals surface area contributed by atoms with E-state index in [-0.39, 0.29) is 14.9 Å². The van der Waals surface area contributed by atoms with E-state index in [1.165, 1.54) is 12.1 Å². The molecule has 0 atom stereocenters. The van der Waals surface area contributed by atoms with Gasteiger partial charge in [-0.15, -0.1) is 0 Å². The van der Waals surface area contributed by atoms with Crippen LogP contribution in [0.2, 0.25) is 10.0 Å². The van der Waals surface area contributed by atoms with Crippen LogP contribution < -0.4 is 10.0 Å². The third-order valence-corrected chi connectivity index (χ3v) is 4.99. The van der Waals surface area contributed by atoms with E-state index in [2.05, 4.69) is 0 Å². The lowest BCUT2D eigenvalue weighted by Gasteiger charge is -2.09. The molecule has 2 rings (SSSR count). The highest BCUT2D eigenvalue weighted by atomic mass is 35.5. The van der Waals surface area contributed by atoms with Crippen molar-refractivity contribution in [3.8, 4) is 0 Å². The van der Waals surface area contributed by atoms with Gasteiger partial charge in [0.15, 0.2) is 0 Å². The molecule has 1 amide bonds. The maximum Gasteiger partial charge on any atom is 0.241 e. The molecule has 0 aliphatic rings. The number of carbonyl (C=O) groups is 1. The number of nitrogens with one attached hydrogen (secondary N) is 2. The van der Waals surface area contributed by atoms with E-state index in [1.807, 2.05) is 10.0 Å². The molecule has 2 aromatic carbocycles. The topological polar surface area (TPSA) is 75.3 Å². The van der Waals surface area contributed by atoms with Crippen molar-refractivity contribution in [1.82, 2.24) is 4.72 Å². The second-order valence-electron chi connectivity index (χ2n) is 4.55. The summed E-state index contributed by atoms with van der Waals surface area (Å²) in [5.41, 5.74) is -0.656. The van der Waals surface area contributed by atoms with Crippen LogP contribution in [0.4, 0.5) is 14.5 Å².